The zero-order chi connectivity index (χ0) is 10.7. The van der Waals surface area contributed by atoms with Crippen molar-refractivity contribution in [1.82, 2.24) is 4.98 Å². The summed E-state index contributed by atoms with van der Waals surface area (Å²) in [6.45, 7) is 3.41. The Bertz CT molecular complexity index is 310. The first kappa shape index (κ1) is 10.7. The topological polar surface area (TPSA) is 16.1 Å². The van der Waals surface area contributed by atoms with Crippen molar-refractivity contribution in [2.24, 2.45) is 0 Å². The summed E-state index contributed by atoms with van der Waals surface area (Å²) in [7, 11) is 0. The van der Waals surface area contributed by atoms with E-state index in [0.717, 1.165) is 6.54 Å². The molecule has 1 aliphatic heterocycles. The third kappa shape index (κ3) is 2.43. The van der Waals surface area contributed by atoms with Gasteiger partial charge in [0.05, 0.1) is 11.9 Å². The molecule has 15 heavy (non-hydrogen) atoms. The summed E-state index contributed by atoms with van der Waals surface area (Å²) in [5.74, 6) is 0. The lowest BCUT2D eigenvalue weighted by Gasteiger charge is -2.36. The third-order valence-electron chi connectivity index (χ3n) is 3.14. The van der Waals surface area contributed by atoms with Crippen molar-refractivity contribution in [3.05, 3.63) is 23.5 Å². The summed E-state index contributed by atoms with van der Waals surface area (Å²) in [5, 5.41) is 0.573. The number of nitrogens with zero attached hydrogens (tertiary/aromatic N) is 2. The van der Waals surface area contributed by atoms with Gasteiger partial charge in [0.25, 0.3) is 0 Å². The minimum Gasteiger partial charge on any atom is -0.367 e. The molecule has 0 N–H and O–H groups in total. The number of piperidine rings is 1. The standard InChI is InChI=1S/C12H17ClN2/c1-2-10-5-3-4-8-15(10)11-6-7-12(13)14-9-11/h6-7,9-10H,2-5,8H2,1H3. The maximum atomic E-state index is 5.79. The van der Waals surface area contributed by atoms with Crippen molar-refractivity contribution in [1.29, 1.82) is 0 Å². The number of hydrogen-bond acceptors (Lipinski definition) is 2. The largest absolute Gasteiger partial charge is 0.367 e. The van der Waals surface area contributed by atoms with Crippen LogP contribution in [-0.2, 0) is 0 Å². The van der Waals surface area contributed by atoms with Gasteiger partial charge >= 0.3 is 0 Å². The highest BCUT2D eigenvalue weighted by Gasteiger charge is 2.20. The summed E-state index contributed by atoms with van der Waals surface area (Å²) in [4.78, 5) is 6.61. The van der Waals surface area contributed by atoms with E-state index in [1.165, 1.54) is 31.4 Å². The Morgan fingerprint density at radius 1 is 1.47 bits per heavy atom. The predicted molar refractivity (Wildman–Crippen MR) is 64.5 cm³/mol. The molecular weight excluding hydrogens is 208 g/mol. The Morgan fingerprint density at radius 3 is 3.00 bits per heavy atom. The van der Waals surface area contributed by atoms with Gasteiger partial charge in [0.2, 0.25) is 0 Å². The maximum Gasteiger partial charge on any atom is 0.129 e. The Balaban J connectivity index is 2.16. The Kier molecular flexibility index (Phi) is 3.47. The van der Waals surface area contributed by atoms with Crippen LogP contribution in [0.15, 0.2) is 18.3 Å². The molecule has 1 unspecified atom stereocenters. The van der Waals surface area contributed by atoms with Gasteiger partial charge in [-0.3, -0.25) is 0 Å². The molecule has 1 atom stereocenters. The fraction of sp³-hybridized carbons (Fsp3) is 0.583. The second-order valence-electron chi connectivity index (χ2n) is 4.09. The molecule has 1 aromatic rings. The quantitative estimate of drug-likeness (QED) is 0.715. The van der Waals surface area contributed by atoms with Crippen LogP contribution in [0.1, 0.15) is 32.6 Å². The van der Waals surface area contributed by atoms with E-state index in [2.05, 4.69) is 22.9 Å². The molecule has 1 aromatic heterocycles. The normalized spacial score (nSPS) is 21.7. The van der Waals surface area contributed by atoms with Crippen LogP contribution < -0.4 is 4.90 Å². The molecule has 0 bridgehead atoms. The lowest BCUT2D eigenvalue weighted by Crippen LogP contribution is -2.39. The van der Waals surface area contributed by atoms with Gasteiger partial charge in [-0.25, -0.2) is 4.98 Å². The Hall–Kier alpha value is -0.760. The van der Waals surface area contributed by atoms with Gasteiger partial charge in [0.1, 0.15) is 5.15 Å². The first-order valence-electron chi connectivity index (χ1n) is 5.69. The first-order chi connectivity index (χ1) is 7.31. The highest BCUT2D eigenvalue weighted by molar-refractivity contribution is 6.29. The maximum absolute atomic E-state index is 5.79. The molecule has 82 valence electrons. The molecule has 2 heterocycles. The average molecular weight is 225 g/mol. The second kappa shape index (κ2) is 4.84. The molecule has 1 fully saturated rings. The predicted octanol–water partition coefficient (Wildman–Crippen LogP) is 3.50. The van der Waals surface area contributed by atoms with Gasteiger partial charge in [-0.2, -0.15) is 0 Å². The van der Waals surface area contributed by atoms with Crippen molar-refractivity contribution < 1.29 is 0 Å². The molecule has 1 aliphatic rings. The monoisotopic (exact) mass is 224 g/mol. The number of aromatic nitrogens is 1. The molecule has 3 heteroatoms. The van der Waals surface area contributed by atoms with Gasteiger partial charge in [-0.15, -0.1) is 0 Å². The summed E-state index contributed by atoms with van der Waals surface area (Å²) in [6.07, 6.45) is 7.05. The van der Waals surface area contributed by atoms with Gasteiger partial charge in [-0.05, 0) is 37.8 Å². The summed E-state index contributed by atoms with van der Waals surface area (Å²) in [5.41, 5.74) is 1.21. The van der Waals surface area contributed by atoms with Crippen molar-refractivity contribution >= 4 is 17.3 Å². The van der Waals surface area contributed by atoms with E-state index < -0.39 is 0 Å². The molecule has 0 saturated carbocycles. The average Bonchev–Trinajstić information content (AvgIpc) is 2.30. The highest BCUT2D eigenvalue weighted by atomic mass is 35.5. The number of rotatable bonds is 2. The second-order valence-corrected chi connectivity index (χ2v) is 4.48. The zero-order valence-electron chi connectivity index (χ0n) is 9.12. The van der Waals surface area contributed by atoms with E-state index in [-0.39, 0.29) is 0 Å². The minimum absolute atomic E-state index is 0.573. The van der Waals surface area contributed by atoms with E-state index in [0.29, 0.717) is 11.2 Å². The van der Waals surface area contributed by atoms with Gasteiger partial charge in [-0.1, -0.05) is 18.5 Å². The van der Waals surface area contributed by atoms with E-state index in [1.807, 2.05) is 12.3 Å². The Labute approximate surface area is 96.3 Å². The van der Waals surface area contributed by atoms with E-state index in [4.69, 9.17) is 11.6 Å². The van der Waals surface area contributed by atoms with Crippen molar-refractivity contribution in [3.63, 3.8) is 0 Å². The fourth-order valence-corrected chi connectivity index (χ4v) is 2.41. The van der Waals surface area contributed by atoms with Crippen LogP contribution in [0.3, 0.4) is 0 Å². The van der Waals surface area contributed by atoms with Gasteiger partial charge in [0.15, 0.2) is 0 Å². The van der Waals surface area contributed by atoms with Crippen LogP contribution in [0.2, 0.25) is 5.15 Å². The van der Waals surface area contributed by atoms with Crippen molar-refractivity contribution in [2.75, 3.05) is 11.4 Å². The molecule has 0 spiro atoms. The summed E-state index contributed by atoms with van der Waals surface area (Å²) in [6, 6.07) is 4.63. The van der Waals surface area contributed by atoms with Crippen molar-refractivity contribution in [2.45, 2.75) is 38.6 Å². The Morgan fingerprint density at radius 2 is 2.33 bits per heavy atom. The minimum atomic E-state index is 0.573. The molecule has 2 nitrogen and oxygen atoms in total. The number of hydrogen-bond donors (Lipinski definition) is 0. The summed E-state index contributed by atoms with van der Waals surface area (Å²) < 4.78 is 0. The molecule has 0 aromatic carbocycles. The third-order valence-corrected chi connectivity index (χ3v) is 3.37. The fourth-order valence-electron chi connectivity index (χ4n) is 2.30. The first-order valence-corrected chi connectivity index (χ1v) is 6.07. The molecule has 2 rings (SSSR count). The lowest BCUT2D eigenvalue weighted by molar-refractivity contribution is 0.449. The number of anilines is 1. The van der Waals surface area contributed by atoms with Crippen LogP contribution in [0.4, 0.5) is 5.69 Å². The van der Waals surface area contributed by atoms with Crippen LogP contribution >= 0.6 is 11.6 Å². The van der Waals surface area contributed by atoms with E-state index in [9.17, 15) is 0 Å². The van der Waals surface area contributed by atoms with Crippen LogP contribution in [0, 0.1) is 0 Å². The van der Waals surface area contributed by atoms with Crippen molar-refractivity contribution in [3.8, 4) is 0 Å². The number of pyridine rings is 1. The molecule has 0 amide bonds. The van der Waals surface area contributed by atoms with Gasteiger partial charge < -0.3 is 4.90 Å². The van der Waals surface area contributed by atoms with Crippen LogP contribution in [-0.4, -0.2) is 17.6 Å². The number of halogens is 1. The molecular formula is C12H17ClN2. The smallest absolute Gasteiger partial charge is 0.129 e. The SMILES string of the molecule is CCC1CCCCN1c1ccc(Cl)nc1. The molecule has 0 radical (unpaired) electrons. The van der Waals surface area contributed by atoms with E-state index >= 15 is 0 Å². The van der Waals surface area contributed by atoms with Gasteiger partial charge in [0, 0.05) is 12.6 Å². The molecule has 1 saturated heterocycles. The van der Waals surface area contributed by atoms with E-state index in [1.54, 1.807) is 0 Å². The lowest BCUT2D eigenvalue weighted by atomic mass is 9.99. The molecule has 0 aliphatic carbocycles. The van der Waals surface area contributed by atoms with Crippen LogP contribution in [0.25, 0.3) is 0 Å². The highest BCUT2D eigenvalue weighted by Crippen LogP contribution is 2.26. The summed E-state index contributed by atoms with van der Waals surface area (Å²) >= 11 is 5.79. The zero-order valence-corrected chi connectivity index (χ0v) is 9.87. The van der Waals surface area contributed by atoms with Crippen LogP contribution in [0.5, 0.6) is 0 Å².